The minimum atomic E-state index is -1.53. The summed E-state index contributed by atoms with van der Waals surface area (Å²) in [6, 6.07) is -0.161. The third kappa shape index (κ3) is 1.99. The van der Waals surface area contributed by atoms with E-state index in [2.05, 4.69) is 0 Å². The molecule has 1 aromatic carbocycles. The van der Waals surface area contributed by atoms with Crippen LogP contribution in [0.1, 0.15) is 22.8 Å². The number of hydrogen-bond acceptors (Lipinski definition) is 2. The van der Waals surface area contributed by atoms with Crippen LogP contribution in [-0.4, -0.2) is 21.8 Å². The van der Waals surface area contributed by atoms with Crippen molar-refractivity contribution in [2.75, 3.05) is 0 Å². The lowest BCUT2D eigenvalue weighted by Gasteiger charge is -2.13. The fraction of sp³-hybridized carbons (Fsp3) is 0.231. The zero-order chi connectivity index (χ0) is 15.5. The maximum absolute atomic E-state index is 13.6. The van der Waals surface area contributed by atoms with Gasteiger partial charge in [0.2, 0.25) is 5.43 Å². The van der Waals surface area contributed by atoms with Crippen LogP contribution in [0, 0.1) is 11.6 Å². The Morgan fingerprint density at radius 2 is 2.05 bits per heavy atom. The maximum atomic E-state index is 13.6. The Labute approximate surface area is 120 Å². The molecule has 1 aliphatic carbocycles. The number of rotatable bonds is 2. The zero-order valence-corrected chi connectivity index (χ0v) is 11.0. The molecule has 0 aliphatic heterocycles. The number of aromatic nitrogens is 1. The van der Waals surface area contributed by atoms with Crippen molar-refractivity contribution in [3.8, 4) is 0 Å². The largest absolute Gasteiger partial charge is 0.477 e. The van der Waals surface area contributed by atoms with Gasteiger partial charge in [0.05, 0.1) is 16.9 Å². The fourth-order valence-corrected chi connectivity index (χ4v) is 2.56. The van der Waals surface area contributed by atoms with Gasteiger partial charge in [-0.1, -0.05) is 11.6 Å². The summed E-state index contributed by atoms with van der Waals surface area (Å²) in [6.45, 7) is 0. The summed E-state index contributed by atoms with van der Waals surface area (Å²) in [5.74, 6) is -4.27. The van der Waals surface area contributed by atoms with Crippen molar-refractivity contribution < 1.29 is 23.1 Å². The lowest BCUT2D eigenvalue weighted by Crippen LogP contribution is -2.19. The molecule has 0 bridgehead atoms. The lowest BCUT2D eigenvalue weighted by atomic mass is 10.1. The number of nitrogens with zero attached hydrogens (tertiary/aromatic N) is 1. The van der Waals surface area contributed by atoms with Crippen molar-refractivity contribution in [3.63, 3.8) is 0 Å². The predicted molar refractivity (Wildman–Crippen MR) is 68.6 cm³/mol. The van der Waals surface area contributed by atoms with Crippen molar-refractivity contribution in [3.05, 3.63) is 44.7 Å². The topological polar surface area (TPSA) is 59.3 Å². The lowest BCUT2D eigenvalue weighted by molar-refractivity contribution is 0.0694. The van der Waals surface area contributed by atoms with Crippen molar-refractivity contribution in [2.24, 2.45) is 0 Å². The van der Waals surface area contributed by atoms with E-state index in [0.29, 0.717) is 6.07 Å². The first-order chi connectivity index (χ1) is 9.82. The minimum absolute atomic E-state index is 0.0896. The summed E-state index contributed by atoms with van der Waals surface area (Å²) < 4.78 is 41.4. The van der Waals surface area contributed by atoms with Gasteiger partial charge >= 0.3 is 5.97 Å². The van der Waals surface area contributed by atoms with Gasteiger partial charge in [0.25, 0.3) is 0 Å². The quantitative estimate of drug-likeness (QED) is 0.866. The van der Waals surface area contributed by atoms with Gasteiger partial charge in [-0.05, 0) is 6.07 Å². The monoisotopic (exact) mass is 317 g/mol. The SMILES string of the molecule is O=C(O)c1cn([C@@H]2C[C@H]2F)c2c(Cl)c(F)c(F)cc2c1=O. The molecule has 2 atom stereocenters. The number of carbonyl (C=O) groups is 1. The third-order valence-electron chi connectivity index (χ3n) is 3.42. The van der Waals surface area contributed by atoms with Crippen LogP contribution in [0.25, 0.3) is 10.9 Å². The molecular formula is C13H7ClF3NO3. The van der Waals surface area contributed by atoms with Crippen molar-refractivity contribution >= 4 is 28.5 Å². The second-order valence-electron chi connectivity index (χ2n) is 4.79. The maximum Gasteiger partial charge on any atom is 0.341 e. The molecule has 1 heterocycles. The van der Waals surface area contributed by atoms with E-state index in [1.165, 1.54) is 0 Å². The van der Waals surface area contributed by atoms with Crippen molar-refractivity contribution in [1.29, 1.82) is 0 Å². The van der Waals surface area contributed by atoms with Crippen LogP contribution in [0.3, 0.4) is 0 Å². The van der Waals surface area contributed by atoms with Gasteiger partial charge in [0.15, 0.2) is 11.6 Å². The average molecular weight is 318 g/mol. The average Bonchev–Trinajstić information content (AvgIpc) is 3.14. The van der Waals surface area contributed by atoms with Crippen LogP contribution in [0.5, 0.6) is 0 Å². The van der Waals surface area contributed by atoms with Crippen LogP contribution >= 0.6 is 11.6 Å². The minimum Gasteiger partial charge on any atom is -0.477 e. The van der Waals surface area contributed by atoms with E-state index < -0.39 is 51.2 Å². The Balaban J connectivity index is 2.49. The zero-order valence-electron chi connectivity index (χ0n) is 10.2. The number of benzene rings is 1. The first-order valence-corrected chi connectivity index (χ1v) is 6.30. The molecule has 1 aliphatic rings. The number of carboxylic acid groups (broad SMARTS) is 1. The summed E-state index contributed by atoms with van der Waals surface area (Å²) in [7, 11) is 0. The van der Waals surface area contributed by atoms with E-state index in [9.17, 15) is 22.8 Å². The van der Waals surface area contributed by atoms with Crippen LogP contribution in [-0.2, 0) is 0 Å². The smallest absolute Gasteiger partial charge is 0.341 e. The number of pyridine rings is 1. The molecule has 0 unspecified atom stereocenters. The van der Waals surface area contributed by atoms with E-state index in [1.807, 2.05) is 0 Å². The molecule has 0 saturated heterocycles. The molecule has 4 nitrogen and oxygen atoms in total. The molecule has 110 valence electrons. The summed E-state index contributed by atoms with van der Waals surface area (Å²) in [5.41, 5.74) is -1.84. The van der Waals surface area contributed by atoms with E-state index in [0.717, 1.165) is 10.8 Å². The van der Waals surface area contributed by atoms with Gasteiger partial charge < -0.3 is 9.67 Å². The highest BCUT2D eigenvalue weighted by atomic mass is 35.5. The second kappa shape index (κ2) is 4.49. The van der Waals surface area contributed by atoms with E-state index >= 15 is 0 Å². The van der Waals surface area contributed by atoms with Gasteiger partial charge in [-0.25, -0.2) is 18.0 Å². The number of alkyl halides is 1. The first-order valence-electron chi connectivity index (χ1n) is 5.92. The molecule has 1 fully saturated rings. The van der Waals surface area contributed by atoms with Gasteiger partial charge in [-0.2, -0.15) is 0 Å². The molecule has 1 N–H and O–H groups in total. The number of aromatic carboxylic acids is 1. The Hall–Kier alpha value is -2.02. The highest BCUT2D eigenvalue weighted by Crippen LogP contribution is 2.42. The number of carboxylic acids is 1. The predicted octanol–water partition coefficient (Wildman–Crippen LogP) is 2.91. The molecule has 2 aromatic rings. The molecule has 0 spiro atoms. The summed E-state index contributed by atoms with van der Waals surface area (Å²) >= 11 is 5.72. The molecule has 21 heavy (non-hydrogen) atoms. The van der Waals surface area contributed by atoms with E-state index in [4.69, 9.17) is 16.7 Å². The summed E-state index contributed by atoms with van der Waals surface area (Å²) in [6.07, 6.45) is -0.242. The van der Waals surface area contributed by atoms with Crippen LogP contribution in [0.15, 0.2) is 17.1 Å². The fourth-order valence-electron chi connectivity index (χ4n) is 2.27. The van der Waals surface area contributed by atoms with Crippen LogP contribution < -0.4 is 5.43 Å². The van der Waals surface area contributed by atoms with Crippen molar-refractivity contribution in [2.45, 2.75) is 18.6 Å². The molecule has 1 saturated carbocycles. The van der Waals surface area contributed by atoms with Gasteiger partial charge in [-0.3, -0.25) is 4.79 Å². The molecule has 0 amide bonds. The Bertz CT molecular complexity index is 849. The van der Waals surface area contributed by atoms with Crippen LogP contribution in [0.2, 0.25) is 5.02 Å². The van der Waals surface area contributed by atoms with Crippen molar-refractivity contribution in [1.82, 2.24) is 4.57 Å². The van der Waals surface area contributed by atoms with E-state index in [-0.39, 0.29) is 11.9 Å². The number of halogens is 4. The van der Waals surface area contributed by atoms with Gasteiger partial charge in [0, 0.05) is 12.6 Å². The first kappa shape index (κ1) is 13.9. The Morgan fingerprint density at radius 1 is 1.43 bits per heavy atom. The summed E-state index contributed by atoms with van der Waals surface area (Å²) in [5, 5.41) is 7.94. The highest BCUT2D eigenvalue weighted by Gasteiger charge is 2.40. The number of fused-ring (bicyclic) bond motifs is 1. The summed E-state index contributed by atoms with van der Waals surface area (Å²) in [4.78, 5) is 23.1. The third-order valence-corrected chi connectivity index (χ3v) is 3.77. The Kier molecular flexibility index (Phi) is 2.98. The molecular weight excluding hydrogens is 311 g/mol. The number of hydrogen-bond donors (Lipinski definition) is 1. The normalized spacial score (nSPS) is 20.8. The highest BCUT2D eigenvalue weighted by molar-refractivity contribution is 6.35. The standard InChI is InChI=1S/C13H7ClF3NO3/c14-9-10(17)7(16)1-4-11(9)18(8-2-6(8)15)3-5(12(4)19)13(20)21/h1,3,6,8H,2H2,(H,20,21)/t6-,8-/m1/s1. The molecule has 0 radical (unpaired) electrons. The van der Waals surface area contributed by atoms with E-state index in [1.54, 1.807) is 0 Å². The molecule has 1 aromatic heterocycles. The van der Waals surface area contributed by atoms with Crippen LogP contribution in [0.4, 0.5) is 13.2 Å². The Morgan fingerprint density at radius 3 is 2.57 bits per heavy atom. The molecule has 8 heteroatoms. The van der Waals surface area contributed by atoms with Gasteiger partial charge in [-0.15, -0.1) is 0 Å². The van der Waals surface area contributed by atoms with Gasteiger partial charge in [0.1, 0.15) is 16.8 Å². The second-order valence-corrected chi connectivity index (χ2v) is 5.16. The molecule has 3 rings (SSSR count).